The smallest absolute Gasteiger partial charge is 0.252 e. The Labute approximate surface area is 135 Å². The van der Waals surface area contributed by atoms with Crippen LogP contribution in [0.25, 0.3) is 0 Å². The lowest BCUT2D eigenvalue weighted by Crippen LogP contribution is -2.36. The Morgan fingerprint density at radius 2 is 2.17 bits per heavy atom. The first-order valence-corrected chi connectivity index (χ1v) is 8.11. The van der Waals surface area contributed by atoms with Crippen molar-refractivity contribution in [2.75, 3.05) is 13.1 Å². The molecular formula is C17H20N4O2. The van der Waals surface area contributed by atoms with Crippen LogP contribution >= 0.6 is 0 Å². The second-order valence-corrected chi connectivity index (χ2v) is 6.31. The van der Waals surface area contributed by atoms with E-state index < -0.39 is 0 Å². The third-order valence-corrected chi connectivity index (χ3v) is 4.70. The monoisotopic (exact) mass is 312 g/mol. The van der Waals surface area contributed by atoms with Crippen LogP contribution in [-0.4, -0.2) is 40.8 Å². The van der Waals surface area contributed by atoms with E-state index in [2.05, 4.69) is 10.3 Å². The van der Waals surface area contributed by atoms with Gasteiger partial charge in [-0.1, -0.05) is 12.8 Å². The molecule has 2 heterocycles. The highest BCUT2D eigenvalue weighted by Crippen LogP contribution is 2.29. The third kappa shape index (κ3) is 3.50. The molecule has 23 heavy (non-hydrogen) atoms. The van der Waals surface area contributed by atoms with Crippen LogP contribution in [0.3, 0.4) is 0 Å². The highest BCUT2D eigenvalue weighted by Gasteiger charge is 2.35. The van der Waals surface area contributed by atoms with Crippen LogP contribution < -0.4 is 5.32 Å². The number of pyridine rings is 1. The maximum atomic E-state index is 12.1. The summed E-state index contributed by atoms with van der Waals surface area (Å²) in [6.45, 7) is 1.24. The van der Waals surface area contributed by atoms with Gasteiger partial charge in [-0.2, -0.15) is 5.26 Å². The first kappa shape index (κ1) is 15.5. The predicted molar refractivity (Wildman–Crippen MR) is 83.4 cm³/mol. The van der Waals surface area contributed by atoms with E-state index >= 15 is 0 Å². The van der Waals surface area contributed by atoms with Crippen molar-refractivity contribution in [1.82, 2.24) is 15.2 Å². The highest BCUT2D eigenvalue weighted by molar-refractivity contribution is 5.94. The van der Waals surface area contributed by atoms with Crippen molar-refractivity contribution in [3.05, 3.63) is 29.6 Å². The Morgan fingerprint density at radius 1 is 1.39 bits per heavy atom. The molecule has 2 fully saturated rings. The molecule has 120 valence electrons. The highest BCUT2D eigenvalue weighted by atomic mass is 16.2. The molecule has 0 radical (unpaired) electrons. The summed E-state index contributed by atoms with van der Waals surface area (Å²) in [5, 5.41) is 11.6. The van der Waals surface area contributed by atoms with Crippen molar-refractivity contribution >= 4 is 11.8 Å². The van der Waals surface area contributed by atoms with Gasteiger partial charge in [0.25, 0.3) is 5.91 Å². The lowest BCUT2D eigenvalue weighted by atomic mass is 10.1. The van der Waals surface area contributed by atoms with Crippen molar-refractivity contribution in [1.29, 1.82) is 5.26 Å². The van der Waals surface area contributed by atoms with Crippen LogP contribution in [0.1, 0.15) is 48.2 Å². The molecule has 1 aromatic heterocycles. The Hall–Kier alpha value is -2.42. The molecule has 2 amide bonds. The van der Waals surface area contributed by atoms with Gasteiger partial charge in [0.05, 0.1) is 5.56 Å². The van der Waals surface area contributed by atoms with E-state index in [9.17, 15) is 9.59 Å². The molecule has 1 saturated heterocycles. The van der Waals surface area contributed by atoms with Crippen LogP contribution in [0.4, 0.5) is 0 Å². The minimum Gasteiger partial charge on any atom is -0.352 e. The fourth-order valence-corrected chi connectivity index (χ4v) is 3.45. The summed E-state index contributed by atoms with van der Waals surface area (Å²) >= 11 is 0. The summed E-state index contributed by atoms with van der Waals surface area (Å²) in [4.78, 5) is 30.1. The van der Waals surface area contributed by atoms with Crippen LogP contribution in [0.2, 0.25) is 0 Å². The normalized spacial score (nSPS) is 21.4. The van der Waals surface area contributed by atoms with Crippen LogP contribution in [0, 0.1) is 17.2 Å². The number of carbonyl (C=O) groups is 2. The van der Waals surface area contributed by atoms with Gasteiger partial charge in [-0.05, 0) is 25.0 Å². The molecule has 6 nitrogen and oxygen atoms in total. The number of hydrogen-bond donors (Lipinski definition) is 1. The van der Waals surface area contributed by atoms with E-state index in [0.29, 0.717) is 24.6 Å². The minimum absolute atomic E-state index is 0.179. The van der Waals surface area contributed by atoms with E-state index in [-0.39, 0.29) is 23.4 Å². The van der Waals surface area contributed by atoms with Crippen molar-refractivity contribution < 1.29 is 9.59 Å². The minimum atomic E-state index is -0.214. The fourth-order valence-electron chi connectivity index (χ4n) is 3.45. The van der Waals surface area contributed by atoms with Gasteiger partial charge in [-0.25, -0.2) is 4.98 Å². The summed E-state index contributed by atoms with van der Waals surface area (Å²) in [6, 6.07) is 5.44. The largest absolute Gasteiger partial charge is 0.352 e. The number of carbonyl (C=O) groups excluding carboxylic acids is 2. The summed E-state index contributed by atoms with van der Waals surface area (Å²) in [5.74, 6) is 0.184. The number of rotatable bonds is 4. The van der Waals surface area contributed by atoms with Crippen LogP contribution in [0.15, 0.2) is 18.3 Å². The molecule has 1 saturated carbocycles. The Morgan fingerprint density at radius 3 is 2.83 bits per heavy atom. The number of amides is 2. The van der Waals surface area contributed by atoms with Gasteiger partial charge >= 0.3 is 0 Å². The van der Waals surface area contributed by atoms with Gasteiger partial charge in [-0.15, -0.1) is 0 Å². The summed E-state index contributed by atoms with van der Waals surface area (Å²) in [7, 11) is 0. The zero-order chi connectivity index (χ0) is 16.2. The van der Waals surface area contributed by atoms with E-state index in [1.807, 2.05) is 11.0 Å². The molecule has 1 aliphatic heterocycles. The second-order valence-electron chi connectivity index (χ2n) is 6.31. The SMILES string of the molecule is N#Cc1ccc(C(=O)NCC2CC(=O)N(C3CCCC3)C2)cn1. The van der Waals surface area contributed by atoms with Gasteiger partial charge < -0.3 is 10.2 Å². The molecule has 1 aromatic rings. The van der Waals surface area contributed by atoms with Gasteiger partial charge in [0.1, 0.15) is 11.8 Å². The third-order valence-electron chi connectivity index (χ3n) is 4.70. The molecule has 1 aliphatic carbocycles. The van der Waals surface area contributed by atoms with E-state index in [1.165, 1.54) is 25.1 Å². The molecule has 1 N–H and O–H groups in total. The number of nitrogens with one attached hydrogen (secondary N) is 1. The number of nitriles is 1. The molecule has 0 aromatic carbocycles. The standard InChI is InChI=1S/C17H20N4O2/c18-8-14-6-5-13(10-19-14)17(23)20-9-12-7-16(22)21(11-12)15-3-1-2-4-15/h5-6,10,12,15H,1-4,7,9,11H2,(H,20,23). The molecule has 2 aliphatic rings. The fraction of sp³-hybridized carbons (Fsp3) is 0.529. The number of hydrogen-bond acceptors (Lipinski definition) is 4. The van der Waals surface area contributed by atoms with E-state index in [4.69, 9.17) is 5.26 Å². The predicted octanol–water partition coefficient (Wildman–Crippen LogP) is 1.47. The molecule has 1 unspecified atom stereocenters. The first-order valence-electron chi connectivity index (χ1n) is 8.11. The average Bonchev–Trinajstić information content (AvgIpc) is 3.22. The Kier molecular flexibility index (Phi) is 4.56. The number of aromatic nitrogens is 1. The lowest BCUT2D eigenvalue weighted by molar-refractivity contribution is -0.129. The summed E-state index contributed by atoms with van der Waals surface area (Å²) < 4.78 is 0. The maximum Gasteiger partial charge on any atom is 0.252 e. The van der Waals surface area contributed by atoms with Gasteiger partial charge in [0.2, 0.25) is 5.91 Å². The zero-order valence-electron chi connectivity index (χ0n) is 13.0. The zero-order valence-corrected chi connectivity index (χ0v) is 13.0. The second kappa shape index (κ2) is 6.78. The summed E-state index contributed by atoms with van der Waals surface area (Å²) in [5.41, 5.74) is 0.719. The molecule has 3 rings (SSSR count). The molecule has 0 spiro atoms. The van der Waals surface area contributed by atoms with Crippen LogP contribution in [-0.2, 0) is 4.79 Å². The molecular weight excluding hydrogens is 292 g/mol. The van der Waals surface area contributed by atoms with Gasteiger partial charge in [0.15, 0.2) is 0 Å². The van der Waals surface area contributed by atoms with E-state index in [0.717, 1.165) is 19.4 Å². The van der Waals surface area contributed by atoms with Crippen molar-refractivity contribution in [2.24, 2.45) is 5.92 Å². The first-order chi connectivity index (χ1) is 11.2. The summed E-state index contributed by atoms with van der Waals surface area (Å²) in [6.07, 6.45) is 6.56. The number of likely N-dealkylation sites (tertiary alicyclic amines) is 1. The van der Waals surface area contributed by atoms with Gasteiger partial charge in [0, 0.05) is 37.7 Å². The Bertz CT molecular complexity index is 629. The average molecular weight is 312 g/mol. The molecule has 1 atom stereocenters. The topological polar surface area (TPSA) is 86.1 Å². The molecule has 0 bridgehead atoms. The van der Waals surface area contributed by atoms with Crippen molar-refractivity contribution in [3.8, 4) is 6.07 Å². The quantitative estimate of drug-likeness (QED) is 0.912. The Balaban J connectivity index is 1.51. The lowest BCUT2D eigenvalue weighted by Gasteiger charge is -2.24. The molecule has 6 heteroatoms. The van der Waals surface area contributed by atoms with E-state index in [1.54, 1.807) is 6.07 Å². The maximum absolute atomic E-state index is 12.1. The van der Waals surface area contributed by atoms with Gasteiger partial charge in [-0.3, -0.25) is 9.59 Å². The van der Waals surface area contributed by atoms with Crippen molar-refractivity contribution in [3.63, 3.8) is 0 Å². The van der Waals surface area contributed by atoms with Crippen molar-refractivity contribution in [2.45, 2.75) is 38.1 Å². The number of nitrogens with zero attached hydrogens (tertiary/aromatic N) is 3. The van der Waals surface area contributed by atoms with Crippen LogP contribution in [0.5, 0.6) is 0 Å².